The smallest absolute Gasteiger partial charge is 0.258 e. The molecule has 1 heterocycles. The minimum absolute atomic E-state index is 0.605. The molecule has 0 amide bonds. The van der Waals surface area contributed by atoms with Crippen LogP contribution >= 0.6 is 0 Å². The molecule has 0 unspecified atom stereocenters. The highest BCUT2D eigenvalue weighted by Crippen LogP contribution is 2.24. The lowest BCUT2D eigenvalue weighted by atomic mass is 10.0. The third-order valence-electron chi connectivity index (χ3n) is 2.60. The van der Waals surface area contributed by atoms with Gasteiger partial charge in [0.25, 0.3) is 5.89 Å². The Morgan fingerprint density at radius 1 is 0.933 bits per heavy atom. The summed E-state index contributed by atoms with van der Waals surface area (Å²) in [5.74, 6) is 1.27. The molecule has 0 saturated heterocycles. The Hall–Kier alpha value is -1.64. The summed E-state index contributed by atoms with van der Waals surface area (Å²) in [6.07, 6.45) is 0. The quantitative estimate of drug-likeness (QED) is 0.713. The van der Waals surface area contributed by atoms with Crippen LogP contribution < -0.4 is 0 Å². The van der Waals surface area contributed by atoms with E-state index in [0.717, 1.165) is 5.56 Å². The predicted molar refractivity (Wildman–Crippen MR) is 58.7 cm³/mol. The zero-order chi connectivity index (χ0) is 11.0. The van der Waals surface area contributed by atoms with Crippen LogP contribution in [-0.4, -0.2) is 10.1 Å². The monoisotopic (exact) mass is 202 g/mol. The van der Waals surface area contributed by atoms with Crippen LogP contribution in [0.3, 0.4) is 0 Å². The molecule has 0 N–H and O–H groups in total. The first kappa shape index (κ1) is 9.90. The summed E-state index contributed by atoms with van der Waals surface area (Å²) < 4.78 is 5.16. The molecule has 2 rings (SSSR count). The fraction of sp³-hybridized carbons (Fsp3) is 0.333. The van der Waals surface area contributed by atoms with Crippen LogP contribution in [0.2, 0.25) is 0 Å². The van der Waals surface area contributed by atoms with E-state index in [1.54, 1.807) is 0 Å². The van der Waals surface area contributed by atoms with Gasteiger partial charge in [0, 0.05) is 5.56 Å². The van der Waals surface area contributed by atoms with Gasteiger partial charge >= 0.3 is 0 Å². The van der Waals surface area contributed by atoms with Crippen LogP contribution in [-0.2, 0) is 0 Å². The van der Waals surface area contributed by atoms with Gasteiger partial charge in [-0.15, -0.1) is 0 Å². The average molecular weight is 202 g/mol. The molecule has 3 nitrogen and oxygen atoms in total. The van der Waals surface area contributed by atoms with Gasteiger partial charge in [-0.3, -0.25) is 0 Å². The number of hydrogen-bond acceptors (Lipinski definition) is 3. The molecule has 0 spiro atoms. The molecule has 1 aromatic carbocycles. The molecule has 2 aromatic rings. The van der Waals surface area contributed by atoms with Crippen molar-refractivity contribution in [2.45, 2.75) is 27.7 Å². The van der Waals surface area contributed by atoms with E-state index in [0.29, 0.717) is 11.7 Å². The summed E-state index contributed by atoms with van der Waals surface area (Å²) in [6.45, 7) is 8.07. The van der Waals surface area contributed by atoms with Crippen LogP contribution in [0.25, 0.3) is 11.5 Å². The van der Waals surface area contributed by atoms with E-state index < -0.39 is 0 Å². The number of aromatic nitrogens is 2. The minimum atomic E-state index is 0.605. The van der Waals surface area contributed by atoms with Crippen molar-refractivity contribution in [3.05, 3.63) is 34.6 Å². The van der Waals surface area contributed by atoms with Gasteiger partial charge in [0.05, 0.1) is 0 Å². The van der Waals surface area contributed by atoms with Gasteiger partial charge in [-0.1, -0.05) is 11.2 Å². The average Bonchev–Trinajstić information content (AvgIpc) is 2.58. The molecule has 1 aromatic heterocycles. The maximum Gasteiger partial charge on any atom is 0.258 e. The number of hydrogen-bond donors (Lipinski definition) is 0. The molecular weight excluding hydrogens is 188 g/mol. The maximum absolute atomic E-state index is 5.16. The van der Waals surface area contributed by atoms with Gasteiger partial charge in [0.1, 0.15) is 0 Å². The fourth-order valence-corrected chi connectivity index (χ4v) is 1.60. The number of aryl methyl sites for hydroxylation is 4. The molecule has 0 radical (unpaired) electrons. The van der Waals surface area contributed by atoms with E-state index in [4.69, 9.17) is 4.52 Å². The van der Waals surface area contributed by atoms with Gasteiger partial charge in [0.15, 0.2) is 5.82 Å². The van der Waals surface area contributed by atoms with Crippen molar-refractivity contribution >= 4 is 0 Å². The first-order valence-corrected chi connectivity index (χ1v) is 4.96. The highest BCUT2D eigenvalue weighted by molar-refractivity contribution is 5.60. The summed E-state index contributed by atoms with van der Waals surface area (Å²) in [5, 5.41) is 3.80. The third-order valence-corrected chi connectivity index (χ3v) is 2.60. The molecular formula is C12H14N2O. The van der Waals surface area contributed by atoms with Gasteiger partial charge in [-0.25, -0.2) is 0 Å². The summed E-state index contributed by atoms with van der Waals surface area (Å²) in [5.41, 5.74) is 4.72. The first-order valence-electron chi connectivity index (χ1n) is 4.96. The Morgan fingerprint density at radius 2 is 1.60 bits per heavy atom. The van der Waals surface area contributed by atoms with E-state index in [1.807, 2.05) is 6.92 Å². The van der Waals surface area contributed by atoms with E-state index in [1.165, 1.54) is 16.7 Å². The summed E-state index contributed by atoms with van der Waals surface area (Å²) >= 11 is 0. The van der Waals surface area contributed by atoms with E-state index in [2.05, 4.69) is 43.0 Å². The summed E-state index contributed by atoms with van der Waals surface area (Å²) in [6, 6.07) is 4.24. The molecule has 0 aliphatic rings. The van der Waals surface area contributed by atoms with Gasteiger partial charge in [-0.05, 0) is 50.5 Å². The van der Waals surface area contributed by atoms with Crippen LogP contribution in [0.5, 0.6) is 0 Å². The zero-order valence-electron chi connectivity index (χ0n) is 9.46. The molecule has 0 bridgehead atoms. The lowest BCUT2D eigenvalue weighted by Gasteiger charge is -2.05. The molecule has 0 aliphatic carbocycles. The highest BCUT2D eigenvalue weighted by atomic mass is 16.5. The molecule has 0 aliphatic heterocycles. The second-order valence-electron chi connectivity index (χ2n) is 3.90. The zero-order valence-corrected chi connectivity index (χ0v) is 9.46. The predicted octanol–water partition coefficient (Wildman–Crippen LogP) is 2.97. The molecule has 3 heteroatoms. The maximum atomic E-state index is 5.16. The van der Waals surface area contributed by atoms with Crippen molar-refractivity contribution in [1.82, 2.24) is 10.1 Å². The SMILES string of the molecule is Cc1noc(-c2cc(C)c(C)cc2C)n1. The Morgan fingerprint density at radius 3 is 2.20 bits per heavy atom. The second-order valence-corrected chi connectivity index (χ2v) is 3.90. The molecule has 15 heavy (non-hydrogen) atoms. The Bertz CT molecular complexity index is 500. The lowest BCUT2D eigenvalue weighted by Crippen LogP contribution is -1.88. The summed E-state index contributed by atoms with van der Waals surface area (Å²) in [7, 11) is 0. The normalized spacial score (nSPS) is 10.7. The van der Waals surface area contributed by atoms with Crippen LogP contribution in [0.15, 0.2) is 16.7 Å². The van der Waals surface area contributed by atoms with Crippen molar-refractivity contribution < 1.29 is 4.52 Å². The fourth-order valence-electron chi connectivity index (χ4n) is 1.60. The third kappa shape index (κ3) is 1.77. The van der Waals surface area contributed by atoms with Crippen molar-refractivity contribution in [2.75, 3.05) is 0 Å². The number of nitrogens with zero attached hydrogens (tertiary/aromatic N) is 2. The van der Waals surface area contributed by atoms with Crippen molar-refractivity contribution in [2.24, 2.45) is 0 Å². The molecule has 0 atom stereocenters. The van der Waals surface area contributed by atoms with Crippen molar-refractivity contribution in [1.29, 1.82) is 0 Å². The number of rotatable bonds is 1. The lowest BCUT2D eigenvalue weighted by molar-refractivity contribution is 0.425. The van der Waals surface area contributed by atoms with E-state index in [9.17, 15) is 0 Å². The Labute approximate surface area is 89.1 Å². The standard InChI is InChI=1S/C12H14N2O/c1-7-5-9(3)11(6-8(7)2)12-13-10(4)14-15-12/h5-6H,1-4H3. The van der Waals surface area contributed by atoms with Gasteiger partial charge < -0.3 is 4.52 Å². The highest BCUT2D eigenvalue weighted by Gasteiger charge is 2.10. The van der Waals surface area contributed by atoms with Crippen LogP contribution in [0.4, 0.5) is 0 Å². The van der Waals surface area contributed by atoms with Crippen molar-refractivity contribution in [3.8, 4) is 11.5 Å². The first-order chi connectivity index (χ1) is 7.08. The molecule has 0 fully saturated rings. The molecule has 78 valence electrons. The Kier molecular flexibility index (Phi) is 2.31. The van der Waals surface area contributed by atoms with Crippen LogP contribution in [0, 0.1) is 27.7 Å². The topological polar surface area (TPSA) is 38.9 Å². The second kappa shape index (κ2) is 3.50. The van der Waals surface area contributed by atoms with Gasteiger partial charge in [-0.2, -0.15) is 4.98 Å². The number of benzene rings is 1. The Balaban J connectivity index is 2.58. The van der Waals surface area contributed by atoms with E-state index in [-0.39, 0.29) is 0 Å². The van der Waals surface area contributed by atoms with E-state index >= 15 is 0 Å². The van der Waals surface area contributed by atoms with Crippen molar-refractivity contribution in [3.63, 3.8) is 0 Å². The van der Waals surface area contributed by atoms with Crippen LogP contribution in [0.1, 0.15) is 22.5 Å². The summed E-state index contributed by atoms with van der Waals surface area (Å²) in [4.78, 5) is 4.23. The van der Waals surface area contributed by atoms with Gasteiger partial charge in [0.2, 0.25) is 0 Å². The largest absolute Gasteiger partial charge is 0.334 e. The minimum Gasteiger partial charge on any atom is -0.334 e. The molecule has 0 saturated carbocycles.